The number of carbonyl (C=O) groups is 2. The molecule has 3 rings (SSSR count). The summed E-state index contributed by atoms with van der Waals surface area (Å²) >= 11 is 0. The molecule has 2 aliphatic carbocycles. The number of fused-ring (bicyclic) bond motifs is 2. The molecule has 0 radical (unpaired) electrons. The highest BCUT2D eigenvalue weighted by molar-refractivity contribution is 5.78. The van der Waals surface area contributed by atoms with Crippen LogP contribution in [0.15, 0.2) is 0 Å². The SMILES string of the molecule is CC1(NC(=O)NC2C3CCC(C3)C2C(=O)O)CCCOC1. The summed E-state index contributed by atoms with van der Waals surface area (Å²) in [6.07, 6.45) is 4.76. The van der Waals surface area contributed by atoms with Crippen LogP contribution in [0.4, 0.5) is 4.79 Å². The molecule has 0 aromatic rings. The average Bonchev–Trinajstić information content (AvgIpc) is 2.99. The summed E-state index contributed by atoms with van der Waals surface area (Å²) in [5.41, 5.74) is -0.349. The highest BCUT2D eigenvalue weighted by Gasteiger charge is 2.51. The maximum Gasteiger partial charge on any atom is 0.315 e. The third-order valence-electron chi connectivity index (χ3n) is 5.35. The maximum atomic E-state index is 12.2. The monoisotopic (exact) mass is 296 g/mol. The molecule has 5 atom stereocenters. The van der Waals surface area contributed by atoms with Gasteiger partial charge >= 0.3 is 12.0 Å². The molecule has 0 spiro atoms. The van der Waals surface area contributed by atoms with Gasteiger partial charge in [0.25, 0.3) is 0 Å². The molecule has 3 N–H and O–H groups in total. The topological polar surface area (TPSA) is 87.7 Å². The molecule has 0 aromatic carbocycles. The Hall–Kier alpha value is -1.30. The van der Waals surface area contributed by atoms with Crippen molar-refractivity contribution < 1.29 is 19.4 Å². The minimum absolute atomic E-state index is 0.227. The summed E-state index contributed by atoms with van der Waals surface area (Å²) in [7, 11) is 0. The highest BCUT2D eigenvalue weighted by Crippen LogP contribution is 2.48. The van der Waals surface area contributed by atoms with Gasteiger partial charge < -0.3 is 20.5 Å². The van der Waals surface area contributed by atoms with Crippen molar-refractivity contribution in [3.63, 3.8) is 0 Å². The van der Waals surface area contributed by atoms with Gasteiger partial charge in [-0.05, 0) is 50.9 Å². The van der Waals surface area contributed by atoms with Gasteiger partial charge in [0, 0.05) is 12.6 Å². The first kappa shape index (κ1) is 14.6. The van der Waals surface area contributed by atoms with Crippen molar-refractivity contribution in [2.24, 2.45) is 17.8 Å². The molecule has 6 nitrogen and oxygen atoms in total. The molecular formula is C15H24N2O4. The summed E-state index contributed by atoms with van der Waals surface area (Å²) in [4.78, 5) is 23.7. The number of hydrogen-bond acceptors (Lipinski definition) is 3. The van der Waals surface area contributed by atoms with Gasteiger partial charge in [-0.15, -0.1) is 0 Å². The van der Waals surface area contributed by atoms with E-state index in [-0.39, 0.29) is 23.5 Å². The fourth-order valence-corrected chi connectivity index (χ4v) is 4.35. The summed E-state index contributed by atoms with van der Waals surface area (Å²) < 4.78 is 5.43. The lowest BCUT2D eigenvalue weighted by atomic mass is 9.84. The molecule has 1 heterocycles. The number of carboxylic acid groups (broad SMARTS) is 1. The maximum absolute atomic E-state index is 12.2. The lowest BCUT2D eigenvalue weighted by molar-refractivity contribution is -0.144. The number of ether oxygens (including phenoxy) is 1. The van der Waals surface area contributed by atoms with Crippen LogP contribution in [0.1, 0.15) is 39.0 Å². The largest absolute Gasteiger partial charge is 0.481 e. The van der Waals surface area contributed by atoms with E-state index in [1.165, 1.54) is 0 Å². The van der Waals surface area contributed by atoms with E-state index < -0.39 is 11.9 Å². The Morgan fingerprint density at radius 3 is 2.71 bits per heavy atom. The standard InChI is InChI=1S/C15H24N2O4/c1-15(5-2-6-21-8-15)17-14(20)16-12-10-4-3-9(7-10)11(12)13(18)19/h9-12H,2-8H2,1H3,(H,18,19)(H2,16,17,20). The Morgan fingerprint density at radius 2 is 2.05 bits per heavy atom. The smallest absolute Gasteiger partial charge is 0.315 e. The Labute approximate surface area is 124 Å². The molecule has 3 aliphatic rings. The van der Waals surface area contributed by atoms with Gasteiger partial charge in [0.15, 0.2) is 0 Å². The Kier molecular flexibility index (Phi) is 3.82. The average molecular weight is 296 g/mol. The van der Waals surface area contributed by atoms with E-state index >= 15 is 0 Å². The molecule has 5 unspecified atom stereocenters. The van der Waals surface area contributed by atoms with Crippen LogP contribution in [0.25, 0.3) is 0 Å². The summed E-state index contributed by atoms with van der Waals surface area (Å²) in [6, 6.07) is -0.485. The zero-order valence-electron chi connectivity index (χ0n) is 12.4. The number of amides is 2. The van der Waals surface area contributed by atoms with Crippen LogP contribution in [0.3, 0.4) is 0 Å². The van der Waals surface area contributed by atoms with Crippen LogP contribution in [-0.4, -0.2) is 41.9 Å². The second-order valence-corrected chi connectivity index (χ2v) is 7.04. The van der Waals surface area contributed by atoms with Gasteiger partial charge in [-0.2, -0.15) is 0 Å². The number of nitrogens with one attached hydrogen (secondary N) is 2. The third-order valence-corrected chi connectivity index (χ3v) is 5.35. The van der Waals surface area contributed by atoms with Crippen molar-refractivity contribution in [2.75, 3.05) is 13.2 Å². The van der Waals surface area contributed by atoms with Gasteiger partial charge in [0.05, 0.1) is 18.1 Å². The predicted molar refractivity (Wildman–Crippen MR) is 75.9 cm³/mol. The number of carbonyl (C=O) groups excluding carboxylic acids is 1. The van der Waals surface area contributed by atoms with Crippen molar-refractivity contribution in [2.45, 2.75) is 50.6 Å². The number of aliphatic carboxylic acids is 1. The number of carboxylic acids is 1. The van der Waals surface area contributed by atoms with Crippen LogP contribution >= 0.6 is 0 Å². The van der Waals surface area contributed by atoms with E-state index in [9.17, 15) is 14.7 Å². The highest BCUT2D eigenvalue weighted by atomic mass is 16.5. The molecule has 1 aliphatic heterocycles. The quantitative estimate of drug-likeness (QED) is 0.733. The minimum Gasteiger partial charge on any atom is -0.481 e. The first-order valence-electron chi connectivity index (χ1n) is 7.88. The van der Waals surface area contributed by atoms with Crippen molar-refractivity contribution in [1.82, 2.24) is 10.6 Å². The Morgan fingerprint density at radius 1 is 1.29 bits per heavy atom. The van der Waals surface area contributed by atoms with Crippen LogP contribution in [0.2, 0.25) is 0 Å². The van der Waals surface area contributed by atoms with Crippen LogP contribution in [-0.2, 0) is 9.53 Å². The van der Waals surface area contributed by atoms with Crippen molar-refractivity contribution in [3.8, 4) is 0 Å². The summed E-state index contributed by atoms with van der Waals surface area (Å²) in [6.45, 7) is 3.23. The number of rotatable bonds is 3. The van der Waals surface area contributed by atoms with E-state index in [0.717, 1.165) is 38.7 Å². The van der Waals surface area contributed by atoms with E-state index in [1.807, 2.05) is 6.92 Å². The first-order chi connectivity index (χ1) is 9.98. The van der Waals surface area contributed by atoms with Gasteiger partial charge in [-0.25, -0.2) is 4.79 Å². The van der Waals surface area contributed by atoms with Crippen LogP contribution in [0, 0.1) is 17.8 Å². The number of urea groups is 1. The Bertz CT molecular complexity index is 433. The molecule has 6 heteroatoms. The zero-order chi connectivity index (χ0) is 15.0. The first-order valence-corrected chi connectivity index (χ1v) is 7.88. The van der Waals surface area contributed by atoms with Gasteiger partial charge in [0.2, 0.25) is 0 Å². The van der Waals surface area contributed by atoms with Gasteiger partial charge in [0.1, 0.15) is 0 Å². The van der Waals surface area contributed by atoms with E-state index in [0.29, 0.717) is 12.5 Å². The summed E-state index contributed by atoms with van der Waals surface area (Å²) in [5, 5.41) is 15.3. The zero-order valence-corrected chi connectivity index (χ0v) is 12.4. The van der Waals surface area contributed by atoms with Crippen molar-refractivity contribution in [1.29, 1.82) is 0 Å². The molecule has 2 amide bonds. The molecule has 3 fully saturated rings. The molecule has 118 valence electrons. The second-order valence-electron chi connectivity index (χ2n) is 7.04. The lowest BCUT2D eigenvalue weighted by Crippen LogP contribution is -2.58. The van der Waals surface area contributed by atoms with Crippen molar-refractivity contribution >= 4 is 12.0 Å². The van der Waals surface area contributed by atoms with Crippen molar-refractivity contribution in [3.05, 3.63) is 0 Å². The minimum atomic E-state index is -0.778. The normalized spacial score (nSPS) is 41.8. The van der Waals surface area contributed by atoms with Gasteiger partial charge in [-0.3, -0.25) is 4.79 Å². The van der Waals surface area contributed by atoms with E-state index in [4.69, 9.17) is 4.74 Å². The fourth-order valence-electron chi connectivity index (χ4n) is 4.35. The molecule has 2 saturated carbocycles. The molecule has 21 heavy (non-hydrogen) atoms. The Balaban J connectivity index is 1.60. The third kappa shape index (κ3) is 2.86. The molecular weight excluding hydrogens is 272 g/mol. The van der Waals surface area contributed by atoms with E-state index in [1.54, 1.807) is 0 Å². The molecule has 0 aromatic heterocycles. The van der Waals surface area contributed by atoms with Crippen LogP contribution < -0.4 is 10.6 Å². The second kappa shape index (κ2) is 5.48. The van der Waals surface area contributed by atoms with Crippen LogP contribution in [0.5, 0.6) is 0 Å². The van der Waals surface area contributed by atoms with Gasteiger partial charge in [-0.1, -0.05) is 0 Å². The van der Waals surface area contributed by atoms with E-state index in [2.05, 4.69) is 10.6 Å². The fraction of sp³-hybridized carbons (Fsp3) is 0.867. The molecule has 2 bridgehead atoms. The predicted octanol–water partition coefficient (Wildman–Crippen LogP) is 1.35. The summed E-state index contributed by atoms with van der Waals surface area (Å²) in [5.74, 6) is -0.659. The molecule has 1 saturated heterocycles. The number of hydrogen-bond donors (Lipinski definition) is 3. The lowest BCUT2D eigenvalue weighted by Gasteiger charge is -2.36.